The van der Waals surface area contributed by atoms with Gasteiger partial charge in [0, 0.05) is 44.8 Å². The van der Waals surface area contributed by atoms with Crippen molar-refractivity contribution in [3.63, 3.8) is 0 Å². The molecule has 340 valence electrons. The van der Waals surface area contributed by atoms with Crippen LogP contribution in [0.15, 0.2) is 162 Å². The van der Waals surface area contributed by atoms with Crippen LogP contribution in [0.4, 0.5) is 28.4 Å². The van der Waals surface area contributed by atoms with Crippen LogP contribution in [-0.4, -0.2) is 6.85 Å². The molecule has 2 aliphatic carbocycles. The Bertz CT molecular complexity index is 3590. The van der Waals surface area contributed by atoms with Gasteiger partial charge in [0.1, 0.15) is 11.2 Å². The molecule has 0 saturated carbocycles. The highest BCUT2D eigenvalue weighted by molar-refractivity contribution is 6.93. The summed E-state index contributed by atoms with van der Waals surface area (Å²) >= 11 is 0. The largest absolute Gasteiger partial charge is 0.455 e. The highest BCUT2D eigenvalue weighted by atomic mass is 16.3. The topological polar surface area (TPSA) is 19.6 Å². The lowest BCUT2D eigenvalue weighted by Crippen LogP contribution is -2.61. The third kappa shape index (κ3) is 6.26. The van der Waals surface area contributed by atoms with Crippen molar-refractivity contribution in [2.75, 3.05) is 9.71 Å². The second kappa shape index (κ2) is 14.6. The zero-order valence-electron chi connectivity index (χ0n) is 41.7. The van der Waals surface area contributed by atoms with Crippen molar-refractivity contribution >= 4 is 68.1 Å². The maximum Gasteiger partial charge on any atom is 0.333 e. The van der Waals surface area contributed by atoms with E-state index >= 15 is 0 Å². The van der Waals surface area contributed by atoms with Crippen molar-refractivity contribution in [2.45, 2.75) is 110 Å². The number of benzene rings is 8. The number of aryl methyl sites for hydroxylation is 1. The minimum atomic E-state index is -0.142. The summed E-state index contributed by atoms with van der Waals surface area (Å²) in [6, 6.07) is 60.1. The summed E-state index contributed by atoms with van der Waals surface area (Å²) in [5.41, 5.74) is 25.1. The van der Waals surface area contributed by atoms with E-state index in [4.69, 9.17) is 4.42 Å². The summed E-state index contributed by atoms with van der Waals surface area (Å²) in [6.07, 6.45) is 4.66. The molecule has 0 N–H and O–H groups in total. The van der Waals surface area contributed by atoms with Crippen molar-refractivity contribution in [1.82, 2.24) is 0 Å². The molecule has 3 heterocycles. The molecule has 0 radical (unpaired) electrons. The van der Waals surface area contributed by atoms with E-state index in [0.717, 1.165) is 40.3 Å². The lowest BCUT2D eigenvalue weighted by Gasteiger charge is -2.48. The molecule has 13 rings (SSSR count). The molecular weight excluding hydrogens is 836 g/mol. The molecule has 2 aliphatic heterocycles. The molecule has 4 heteroatoms. The van der Waals surface area contributed by atoms with E-state index in [0.29, 0.717) is 0 Å². The zero-order chi connectivity index (χ0) is 47.4. The number of anilines is 5. The van der Waals surface area contributed by atoms with Crippen LogP contribution in [0.25, 0.3) is 55.3 Å². The Labute approximate surface area is 408 Å². The quantitative estimate of drug-likeness (QED) is 0.164. The first-order chi connectivity index (χ1) is 33.1. The minimum Gasteiger partial charge on any atom is -0.455 e. The zero-order valence-corrected chi connectivity index (χ0v) is 41.7. The fraction of sp³-hybridized carbons (Fsp3) is 0.262. The molecule has 0 atom stereocenters. The van der Waals surface area contributed by atoms with E-state index in [1.54, 1.807) is 0 Å². The van der Waals surface area contributed by atoms with Gasteiger partial charge in [0.2, 0.25) is 0 Å². The summed E-state index contributed by atoms with van der Waals surface area (Å²) in [4.78, 5) is 5.36. The molecular formula is C65H61BN2O. The van der Waals surface area contributed by atoms with Gasteiger partial charge in [-0.3, -0.25) is 0 Å². The molecule has 0 fully saturated rings. The average molecular weight is 897 g/mol. The van der Waals surface area contributed by atoms with E-state index in [1.165, 1.54) is 108 Å². The van der Waals surface area contributed by atoms with E-state index < -0.39 is 0 Å². The highest BCUT2D eigenvalue weighted by Gasteiger charge is 2.48. The Hall–Kier alpha value is -6.78. The average Bonchev–Trinajstić information content (AvgIpc) is 3.74. The van der Waals surface area contributed by atoms with Gasteiger partial charge < -0.3 is 14.1 Å². The Balaban J connectivity index is 1.18. The van der Waals surface area contributed by atoms with Crippen molar-refractivity contribution in [3.8, 4) is 33.4 Å². The van der Waals surface area contributed by atoms with Gasteiger partial charge in [-0.05, 0) is 175 Å². The Morgan fingerprint density at radius 1 is 0.449 bits per heavy atom. The van der Waals surface area contributed by atoms with Gasteiger partial charge in [-0.15, -0.1) is 0 Å². The van der Waals surface area contributed by atoms with Crippen LogP contribution < -0.4 is 20.6 Å². The first kappa shape index (κ1) is 42.3. The van der Waals surface area contributed by atoms with E-state index in [-0.39, 0.29) is 28.5 Å². The van der Waals surface area contributed by atoms with Gasteiger partial charge in [0.15, 0.2) is 0 Å². The molecule has 0 bridgehead atoms. The highest BCUT2D eigenvalue weighted by Crippen LogP contribution is 2.55. The first-order valence-electron chi connectivity index (χ1n) is 25.4. The monoisotopic (exact) mass is 896 g/mol. The Morgan fingerprint density at radius 3 is 1.74 bits per heavy atom. The summed E-state index contributed by atoms with van der Waals surface area (Å²) < 4.78 is 7.14. The molecule has 8 aromatic carbocycles. The molecule has 3 nitrogen and oxygen atoms in total. The lowest BCUT2D eigenvalue weighted by atomic mass is 9.43. The second-order valence-electron chi connectivity index (χ2n) is 23.5. The van der Waals surface area contributed by atoms with Crippen LogP contribution in [0, 0.1) is 6.92 Å². The molecule has 0 unspecified atom stereocenters. The van der Waals surface area contributed by atoms with Crippen LogP contribution in [0.3, 0.4) is 0 Å². The molecule has 1 aromatic heterocycles. The first-order valence-corrected chi connectivity index (χ1v) is 25.4. The fourth-order valence-electron chi connectivity index (χ4n) is 13.1. The van der Waals surface area contributed by atoms with Crippen molar-refractivity contribution in [3.05, 3.63) is 186 Å². The number of hydrogen-bond acceptors (Lipinski definition) is 3. The second-order valence-corrected chi connectivity index (χ2v) is 23.5. The Kier molecular flexibility index (Phi) is 8.97. The summed E-state index contributed by atoms with van der Waals surface area (Å²) in [6.45, 7) is 21.8. The molecule has 69 heavy (non-hydrogen) atoms. The van der Waals surface area contributed by atoms with Crippen LogP contribution in [0.5, 0.6) is 0 Å². The third-order valence-electron chi connectivity index (χ3n) is 17.3. The number of para-hydroxylation sites is 1. The van der Waals surface area contributed by atoms with Crippen LogP contribution >= 0.6 is 0 Å². The van der Waals surface area contributed by atoms with Gasteiger partial charge in [0.05, 0.1) is 0 Å². The molecule has 0 saturated heterocycles. The fourth-order valence-corrected chi connectivity index (χ4v) is 13.1. The number of fused-ring (bicyclic) bond motifs is 10. The van der Waals surface area contributed by atoms with Gasteiger partial charge in [-0.25, -0.2) is 0 Å². The van der Waals surface area contributed by atoms with Crippen molar-refractivity contribution in [1.29, 1.82) is 0 Å². The van der Waals surface area contributed by atoms with Crippen molar-refractivity contribution < 1.29 is 4.42 Å². The smallest absolute Gasteiger partial charge is 0.333 e. The normalized spacial score (nSPS) is 17.8. The van der Waals surface area contributed by atoms with E-state index in [2.05, 4.69) is 230 Å². The maximum absolute atomic E-state index is 7.14. The van der Waals surface area contributed by atoms with Gasteiger partial charge >= 0.3 is 6.85 Å². The summed E-state index contributed by atoms with van der Waals surface area (Å²) in [5, 5.41) is 2.29. The van der Waals surface area contributed by atoms with E-state index in [9.17, 15) is 0 Å². The van der Waals surface area contributed by atoms with E-state index in [1.807, 2.05) is 0 Å². The van der Waals surface area contributed by atoms with Gasteiger partial charge in [0.25, 0.3) is 0 Å². The lowest BCUT2D eigenvalue weighted by molar-refractivity contribution is 0.332. The molecule has 4 aliphatic rings. The third-order valence-corrected chi connectivity index (χ3v) is 17.3. The van der Waals surface area contributed by atoms with Crippen LogP contribution in [0.1, 0.15) is 109 Å². The van der Waals surface area contributed by atoms with Crippen LogP contribution in [-0.2, 0) is 21.7 Å². The maximum atomic E-state index is 7.14. The number of nitrogens with zero attached hydrogens (tertiary/aromatic N) is 2. The van der Waals surface area contributed by atoms with Gasteiger partial charge in [-0.2, -0.15) is 0 Å². The molecule has 0 amide bonds. The number of furan rings is 1. The number of hydrogen-bond donors (Lipinski definition) is 0. The standard InChI is InChI=1S/C65H61BN2O/c1-40-34-50-52(65(8,9)33-32-63(50,4)5)39-55(40)67-56-36-43(41-18-12-10-13-19-41)24-28-53(56)66-60-48(35-44(37-57(60)67)42-20-14-11-15-21-42)59-54(29-26-47-46-22-16-17-23-58(46)69-61(47)59)68(66)45-25-27-49-51(38-45)64(6,7)31-30-62(49,2)3/h10-29,34-39H,30-33H2,1-9H3. The molecule has 0 spiro atoms. The molecule has 9 aromatic rings. The van der Waals surface area contributed by atoms with Crippen LogP contribution in [0.2, 0.25) is 0 Å². The van der Waals surface area contributed by atoms with Crippen molar-refractivity contribution in [2.24, 2.45) is 0 Å². The predicted octanol–water partition coefficient (Wildman–Crippen LogP) is 16.6. The SMILES string of the molecule is Cc1cc2c(cc1N1c3cc(-c4ccccc4)ccc3B3c4c(cc(-c5ccccc5)cc41)-c1c(ccc4c1oc1ccccc14)N3c1ccc3c(c1)C(C)(C)CCC3(C)C)C(C)(C)CCC2(C)C. The summed E-state index contributed by atoms with van der Waals surface area (Å²) in [7, 11) is 0. The predicted molar refractivity (Wildman–Crippen MR) is 294 cm³/mol. The van der Waals surface area contributed by atoms with Gasteiger partial charge in [-0.1, -0.05) is 159 Å². The Morgan fingerprint density at radius 2 is 1.04 bits per heavy atom. The summed E-state index contributed by atoms with van der Waals surface area (Å²) in [5.74, 6) is 0. The number of rotatable bonds is 4. The minimum absolute atomic E-state index is 0.0308.